The molecule has 0 fully saturated rings. The molecule has 1 N–H and O–H groups in total. The lowest BCUT2D eigenvalue weighted by Gasteiger charge is -2.12. The smallest absolute Gasteiger partial charge is 0.333 e. The van der Waals surface area contributed by atoms with Crippen LogP contribution in [0.3, 0.4) is 0 Å². The third kappa shape index (κ3) is 2.66. The van der Waals surface area contributed by atoms with Crippen molar-refractivity contribution in [3.63, 3.8) is 0 Å². The number of H-pyrrole nitrogens is 1. The molecule has 10 nitrogen and oxygen atoms in total. The Bertz CT molecular complexity index is 1510. The first-order valence-corrected chi connectivity index (χ1v) is 9.17. The molecule has 0 aliphatic carbocycles. The Morgan fingerprint density at radius 2 is 1.87 bits per heavy atom. The van der Waals surface area contributed by atoms with E-state index < -0.39 is 11.5 Å². The number of benzene rings is 1. The van der Waals surface area contributed by atoms with Crippen molar-refractivity contribution in [3.05, 3.63) is 53.2 Å². The van der Waals surface area contributed by atoms with Gasteiger partial charge in [-0.05, 0) is 6.07 Å². The predicted octanol–water partition coefficient (Wildman–Crippen LogP) is 2.21. The van der Waals surface area contributed by atoms with Crippen LogP contribution in [-0.4, -0.2) is 48.7 Å². The lowest BCUT2D eigenvalue weighted by molar-refractivity contribution is 0.406. The molecule has 11 heteroatoms. The Hall–Kier alpha value is -4.28. The van der Waals surface area contributed by atoms with Gasteiger partial charge in [0.05, 0.1) is 55.6 Å². The van der Waals surface area contributed by atoms with Gasteiger partial charge in [0, 0.05) is 24.1 Å². The van der Waals surface area contributed by atoms with Crippen molar-refractivity contribution >= 4 is 21.9 Å². The van der Waals surface area contributed by atoms with Crippen LogP contribution in [0.15, 0.2) is 41.7 Å². The van der Waals surface area contributed by atoms with Gasteiger partial charge in [0.15, 0.2) is 11.6 Å². The minimum atomic E-state index is -0.691. The minimum Gasteiger partial charge on any atom is -0.496 e. The van der Waals surface area contributed by atoms with Crippen LogP contribution in [0.1, 0.15) is 0 Å². The van der Waals surface area contributed by atoms with Gasteiger partial charge in [-0.3, -0.25) is 19.1 Å². The second kappa shape index (κ2) is 6.90. The number of methoxy groups -OCH3 is 2. The van der Waals surface area contributed by atoms with E-state index in [0.717, 1.165) is 6.20 Å². The number of hydrogen-bond donors (Lipinski definition) is 1. The zero-order valence-electron chi connectivity index (χ0n) is 16.8. The molecule has 5 rings (SSSR count). The Morgan fingerprint density at radius 3 is 2.58 bits per heavy atom. The molecule has 0 spiro atoms. The summed E-state index contributed by atoms with van der Waals surface area (Å²) >= 11 is 0. The lowest BCUT2D eigenvalue weighted by Crippen LogP contribution is -2.22. The number of imidazole rings is 1. The molecule has 0 bridgehead atoms. The van der Waals surface area contributed by atoms with Crippen LogP contribution in [0.2, 0.25) is 0 Å². The first-order chi connectivity index (χ1) is 15.0. The van der Waals surface area contributed by atoms with Gasteiger partial charge < -0.3 is 9.47 Å². The highest BCUT2D eigenvalue weighted by Gasteiger charge is 2.23. The molecule has 1 aromatic carbocycles. The van der Waals surface area contributed by atoms with Crippen molar-refractivity contribution in [2.24, 2.45) is 7.05 Å². The summed E-state index contributed by atoms with van der Waals surface area (Å²) in [5, 5.41) is 11.2. The number of aryl methyl sites for hydroxylation is 1. The standard InChI is InChI=1S/C20H16FN7O3/c1-27-15-8-23-13-5-16(30-2)10(14-7-24-26-25-14)4-11(13)18(15)28(20(27)29)19-12(21)6-22-9-17(19)31-3/h4-9H,1-3H3,(H,24,25,26). The normalized spacial score (nSPS) is 11.4. The summed E-state index contributed by atoms with van der Waals surface area (Å²) in [5.74, 6) is -0.0281. The van der Waals surface area contributed by atoms with Gasteiger partial charge in [0.1, 0.15) is 17.1 Å². The Balaban J connectivity index is 1.98. The van der Waals surface area contributed by atoms with Gasteiger partial charge in [0.2, 0.25) is 0 Å². The van der Waals surface area contributed by atoms with Gasteiger partial charge in [-0.25, -0.2) is 9.18 Å². The largest absolute Gasteiger partial charge is 0.496 e. The molecule has 156 valence electrons. The molecule has 0 atom stereocenters. The van der Waals surface area contributed by atoms with Crippen molar-refractivity contribution in [2.75, 3.05) is 14.2 Å². The number of ether oxygens (including phenoxy) is 2. The average Bonchev–Trinajstić information content (AvgIpc) is 3.40. The first-order valence-electron chi connectivity index (χ1n) is 9.17. The average molecular weight is 421 g/mol. The van der Waals surface area contributed by atoms with Crippen molar-refractivity contribution < 1.29 is 13.9 Å². The van der Waals surface area contributed by atoms with E-state index in [1.54, 1.807) is 38.7 Å². The van der Waals surface area contributed by atoms with Gasteiger partial charge in [-0.2, -0.15) is 15.4 Å². The fraction of sp³-hybridized carbons (Fsp3) is 0.150. The second-order valence-corrected chi connectivity index (χ2v) is 6.77. The summed E-state index contributed by atoms with van der Waals surface area (Å²) in [5.41, 5.74) is 2.26. The summed E-state index contributed by atoms with van der Waals surface area (Å²) in [6.07, 6.45) is 5.52. The molecule has 0 aliphatic rings. The van der Waals surface area contributed by atoms with E-state index in [0.29, 0.717) is 38.9 Å². The highest BCUT2D eigenvalue weighted by molar-refractivity contribution is 6.05. The zero-order valence-corrected chi connectivity index (χ0v) is 16.8. The third-order valence-electron chi connectivity index (χ3n) is 5.18. The van der Waals surface area contributed by atoms with E-state index in [-0.39, 0.29) is 11.4 Å². The number of rotatable bonds is 4. The van der Waals surface area contributed by atoms with Gasteiger partial charge in [-0.1, -0.05) is 0 Å². The predicted molar refractivity (Wildman–Crippen MR) is 110 cm³/mol. The minimum absolute atomic E-state index is 0.0283. The second-order valence-electron chi connectivity index (χ2n) is 6.77. The molecule has 5 aromatic rings. The van der Waals surface area contributed by atoms with Crippen LogP contribution in [0.4, 0.5) is 4.39 Å². The number of hydrogen-bond acceptors (Lipinski definition) is 7. The molecule has 31 heavy (non-hydrogen) atoms. The molecular weight excluding hydrogens is 405 g/mol. The Labute approximate surface area is 173 Å². The van der Waals surface area contributed by atoms with Crippen molar-refractivity contribution in [1.29, 1.82) is 0 Å². The van der Waals surface area contributed by atoms with Crippen LogP contribution in [0.25, 0.3) is 38.9 Å². The van der Waals surface area contributed by atoms with Gasteiger partial charge in [0.25, 0.3) is 0 Å². The van der Waals surface area contributed by atoms with E-state index in [4.69, 9.17) is 9.47 Å². The van der Waals surface area contributed by atoms with Crippen molar-refractivity contribution in [1.82, 2.24) is 34.5 Å². The van der Waals surface area contributed by atoms with Crippen LogP contribution in [0.5, 0.6) is 11.5 Å². The SMILES string of the molecule is COc1cc2ncc3c(c2cc1-c1cn[nH]n1)n(-c1c(F)cncc1OC)c(=O)n3C. The number of aromatic amines is 1. The monoisotopic (exact) mass is 421 g/mol. The summed E-state index contributed by atoms with van der Waals surface area (Å²) in [4.78, 5) is 21.5. The highest BCUT2D eigenvalue weighted by atomic mass is 19.1. The lowest BCUT2D eigenvalue weighted by atomic mass is 10.1. The molecule has 0 amide bonds. The maximum atomic E-state index is 14.9. The summed E-state index contributed by atoms with van der Waals surface area (Å²) < 4.78 is 28.4. The molecule has 0 aliphatic heterocycles. The molecule has 0 radical (unpaired) electrons. The molecule has 0 saturated heterocycles. The van der Waals surface area contributed by atoms with Crippen LogP contribution < -0.4 is 15.2 Å². The van der Waals surface area contributed by atoms with E-state index in [2.05, 4.69) is 25.4 Å². The Morgan fingerprint density at radius 1 is 1.06 bits per heavy atom. The Kier molecular flexibility index (Phi) is 4.17. The number of aromatic nitrogens is 7. The maximum absolute atomic E-state index is 14.9. The first kappa shape index (κ1) is 18.7. The fourth-order valence-electron chi connectivity index (χ4n) is 3.71. The summed E-state index contributed by atoms with van der Waals surface area (Å²) in [6, 6.07) is 3.53. The van der Waals surface area contributed by atoms with E-state index >= 15 is 0 Å². The molecule has 4 heterocycles. The van der Waals surface area contributed by atoms with Crippen molar-refractivity contribution in [3.8, 4) is 28.4 Å². The maximum Gasteiger partial charge on any atom is 0.333 e. The topological polar surface area (TPSA) is 113 Å². The van der Waals surface area contributed by atoms with Crippen LogP contribution in [-0.2, 0) is 7.05 Å². The van der Waals surface area contributed by atoms with E-state index in [1.807, 2.05) is 0 Å². The van der Waals surface area contributed by atoms with E-state index in [1.165, 1.54) is 22.4 Å². The summed E-state index contributed by atoms with van der Waals surface area (Å²) in [7, 11) is 4.53. The third-order valence-corrected chi connectivity index (χ3v) is 5.18. The highest BCUT2D eigenvalue weighted by Crippen LogP contribution is 2.36. The number of halogens is 1. The van der Waals surface area contributed by atoms with Gasteiger partial charge >= 0.3 is 5.69 Å². The van der Waals surface area contributed by atoms with Crippen LogP contribution in [0, 0.1) is 5.82 Å². The van der Waals surface area contributed by atoms with Crippen molar-refractivity contribution in [2.45, 2.75) is 0 Å². The molecule has 0 saturated carbocycles. The number of fused-ring (bicyclic) bond motifs is 3. The number of nitrogens with one attached hydrogen (secondary N) is 1. The number of nitrogens with zero attached hydrogens (tertiary/aromatic N) is 6. The quantitative estimate of drug-likeness (QED) is 0.473. The molecule has 4 aromatic heterocycles. The van der Waals surface area contributed by atoms with Crippen LogP contribution >= 0.6 is 0 Å². The molecular formula is C20H16FN7O3. The zero-order chi connectivity index (χ0) is 21.7. The van der Waals surface area contributed by atoms with Gasteiger partial charge in [-0.15, -0.1) is 0 Å². The molecule has 0 unspecified atom stereocenters. The van der Waals surface area contributed by atoms with E-state index in [9.17, 15) is 9.18 Å². The fourth-order valence-corrected chi connectivity index (χ4v) is 3.71. The summed E-state index contributed by atoms with van der Waals surface area (Å²) in [6.45, 7) is 0. The number of pyridine rings is 2.